The van der Waals surface area contributed by atoms with Gasteiger partial charge in [0.2, 0.25) is 0 Å². The van der Waals surface area contributed by atoms with Gasteiger partial charge in [-0.1, -0.05) is 18.5 Å². The number of rotatable bonds is 5. The minimum Gasteiger partial charge on any atom is -0.305 e. The molecule has 2 rings (SSSR count). The summed E-state index contributed by atoms with van der Waals surface area (Å²) >= 11 is 6.17. The molecule has 6 heteroatoms. The predicted octanol–water partition coefficient (Wildman–Crippen LogP) is 3.53. The first-order valence-electron chi connectivity index (χ1n) is 6.47. The highest BCUT2D eigenvalue weighted by Gasteiger charge is 2.22. The summed E-state index contributed by atoms with van der Waals surface area (Å²) in [6, 6.07) is 3.06. The number of halogens is 3. The Bertz CT molecular complexity index is 578. The standard InChI is InChI=1S/C14H16ClF2N3/c1-3-18-13(9-5-10(16)7-11(17)6-9)14-12(15)8-19-20(14)4-2/h5-8,13,18H,3-4H2,1-2H3. The number of hydrogen-bond donors (Lipinski definition) is 1. The van der Waals surface area contributed by atoms with Crippen LogP contribution in [0.1, 0.15) is 31.1 Å². The third-order valence-corrected chi connectivity index (χ3v) is 3.32. The van der Waals surface area contributed by atoms with Crippen LogP contribution in [0.4, 0.5) is 8.78 Å². The van der Waals surface area contributed by atoms with Gasteiger partial charge in [-0.3, -0.25) is 4.68 Å². The summed E-state index contributed by atoms with van der Waals surface area (Å²) in [6.07, 6.45) is 1.54. The summed E-state index contributed by atoms with van der Waals surface area (Å²) in [5.74, 6) is -1.22. The lowest BCUT2D eigenvalue weighted by Crippen LogP contribution is -2.25. The van der Waals surface area contributed by atoms with Crippen molar-refractivity contribution in [1.82, 2.24) is 15.1 Å². The average Bonchev–Trinajstić information content (AvgIpc) is 2.76. The zero-order chi connectivity index (χ0) is 14.7. The molecule has 3 nitrogen and oxygen atoms in total. The zero-order valence-corrected chi connectivity index (χ0v) is 12.1. The molecule has 1 aromatic heterocycles. The maximum absolute atomic E-state index is 13.4. The van der Waals surface area contributed by atoms with Gasteiger partial charge in [0, 0.05) is 12.6 Å². The molecular weight excluding hydrogens is 284 g/mol. The van der Waals surface area contributed by atoms with Crippen molar-refractivity contribution < 1.29 is 8.78 Å². The molecule has 0 aliphatic heterocycles. The van der Waals surface area contributed by atoms with Crippen molar-refractivity contribution in [3.05, 3.63) is 52.3 Å². The lowest BCUT2D eigenvalue weighted by molar-refractivity contribution is 0.530. The van der Waals surface area contributed by atoms with Crippen molar-refractivity contribution in [2.24, 2.45) is 0 Å². The van der Waals surface area contributed by atoms with Crippen LogP contribution in [0.25, 0.3) is 0 Å². The molecule has 0 aliphatic rings. The number of aromatic nitrogens is 2. The van der Waals surface area contributed by atoms with E-state index in [1.165, 1.54) is 12.1 Å². The number of hydrogen-bond acceptors (Lipinski definition) is 2. The molecule has 1 aromatic carbocycles. The molecule has 0 aliphatic carbocycles. The van der Waals surface area contributed by atoms with E-state index in [4.69, 9.17) is 11.6 Å². The highest BCUT2D eigenvalue weighted by atomic mass is 35.5. The van der Waals surface area contributed by atoms with Crippen LogP contribution in [0.2, 0.25) is 5.02 Å². The van der Waals surface area contributed by atoms with E-state index in [9.17, 15) is 8.78 Å². The minimum atomic E-state index is -0.610. The van der Waals surface area contributed by atoms with Crippen LogP contribution in [0.5, 0.6) is 0 Å². The van der Waals surface area contributed by atoms with Gasteiger partial charge in [0.25, 0.3) is 0 Å². The summed E-state index contributed by atoms with van der Waals surface area (Å²) in [5, 5.41) is 7.83. The molecule has 0 amide bonds. The molecule has 0 radical (unpaired) electrons. The van der Waals surface area contributed by atoms with Gasteiger partial charge in [-0.05, 0) is 31.2 Å². The molecule has 1 heterocycles. The Morgan fingerprint density at radius 2 is 1.90 bits per heavy atom. The van der Waals surface area contributed by atoms with E-state index in [1.807, 2.05) is 13.8 Å². The number of nitrogens with one attached hydrogen (secondary N) is 1. The highest BCUT2D eigenvalue weighted by Crippen LogP contribution is 2.29. The van der Waals surface area contributed by atoms with Gasteiger partial charge in [-0.2, -0.15) is 5.10 Å². The maximum Gasteiger partial charge on any atom is 0.126 e. The summed E-state index contributed by atoms with van der Waals surface area (Å²) < 4.78 is 28.6. The molecule has 0 spiro atoms. The Morgan fingerprint density at radius 3 is 2.45 bits per heavy atom. The van der Waals surface area contributed by atoms with Crippen molar-refractivity contribution >= 4 is 11.6 Å². The van der Waals surface area contributed by atoms with Crippen LogP contribution in [0, 0.1) is 11.6 Å². The molecule has 0 fully saturated rings. The summed E-state index contributed by atoms with van der Waals surface area (Å²) in [5.41, 5.74) is 1.20. The molecule has 20 heavy (non-hydrogen) atoms. The summed E-state index contributed by atoms with van der Waals surface area (Å²) in [4.78, 5) is 0. The Hall–Kier alpha value is -1.46. The van der Waals surface area contributed by atoms with Gasteiger partial charge in [0.05, 0.1) is 23.0 Å². The summed E-state index contributed by atoms with van der Waals surface area (Å²) in [7, 11) is 0. The van der Waals surface area contributed by atoms with E-state index in [2.05, 4.69) is 10.4 Å². The normalized spacial score (nSPS) is 12.7. The van der Waals surface area contributed by atoms with Crippen LogP contribution < -0.4 is 5.32 Å². The lowest BCUT2D eigenvalue weighted by atomic mass is 10.0. The first kappa shape index (κ1) is 14.9. The molecule has 1 atom stereocenters. The third-order valence-electron chi connectivity index (χ3n) is 3.03. The topological polar surface area (TPSA) is 29.9 Å². The Kier molecular flexibility index (Phi) is 4.73. The second-order valence-electron chi connectivity index (χ2n) is 4.39. The van der Waals surface area contributed by atoms with Crippen molar-refractivity contribution in [3.8, 4) is 0 Å². The molecule has 1 unspecified atom stereocenters. The monoisotopic (exact) mass is 299 g/mol. The Morgan fingerprint density at radius 1 is 1.25 bits per heavy atom. The van der Waals surface area contributed by atoms with E-state index in [0.29, 0.717) is 29.4 Å². The van der Waals surface area contributed by atoms with Gasteiger partial charge >= 0.3 is 0 Å². The van der Waals surface area contributed by atoms with Crippen LogP contribution in [-0.2, 0) is 6.54 Å². The number of nitrogens with zero attached hydrogens (tertiary/aromatic N) is 2. The first-order valence-corrected chi connectivity index (χ1v) is 6.85. The molecular formula is C14H16ClF2N3. The molecule has 2 aromatic rings. The first-order chi connectivity index (χ1) is 9.56. The molecule has 108 valence electrons. The highest BCUT2D eigenvalue weighted by molar-refractivity contribution is 6.31. The van der Waals surface area contributed by atoms with Crippen molar-refractivity contribution in [3.63, 3.8) is 0 Å². The van der Waals surface area contributed by atoms with Gasteiger partial charge in [0.15, 0.2) is 0 Å². The van der Waals surface area contributed by atoms with Crippen molar-refractivity contribution in [1.29, 1.82) is 0 Å². The van der Waals surface area contributed by atoms with Crippen molar-refractivity contribution in [2.75, 3.05) is 6.54 Å². The summed E-state index contributed by atoms with van der Waals surface area (Å²) in [6.45, 7) is 5.11. The van der Waals surface area contributed by atoms with Crippen molar-refractivity contribution in [2.45, 2.75) is 26.4 Å². The second-order valence-corrected chi connectivity index (χ2v) is 4.79. The number of aryl methyl sites for hydroxylation is 1. The molecule has 0 saturated carbocycles. The fourth-order valence-electron chi connectivity index (χ4n) is 2.23. The average molecular weight is 300 g/mol. The van der Waals surface area contributed by atoms with Gasteiger partial charge in [-0.15, -0.1) is 0 Å². The Labute approximate surface area is 121 Å². The third kappa shape index (κ3) is 2.99. The van der Waals surface area contributed by atoms with Gasteiger partial charge in [-0.25, -0.2) is 8.78 Å². The molecule has 0 bridgehead atoms. The minimum absolute atomic E-state index is 0.403. The quantitative estimate of drug-likeness (QED) is 0.915. The van der Waals surface area contributed by atoms with E-state index in [1.54, 1.807) is 10.9 Å². The van der Waals surface area contributed by atoms with Crippen LogP contribution in [0.3, 0.4) is 0 Å². The fraction of sp³-hybridized carbons (Fsp3) is 0.357. The largest absolute Gasteiger partial charge is 0.305 e. The second kappa shape index (κ2) is 6.33. The van der Waals surface area contributed by atoms with E-state index in [0.717, 1.165) is 6.07 Å². The van der Waals surface area contributed by atoms with Gasteiger partial charge < -0.3 is 5.32 Å². The molecule has 1 N–H and O–H groups in total. The lowest BCUT2D eigenvalue weighted by Gasteiger charge is -2.20. The van der Waals surface area contributed by atoms with Crippen LogP contribution in [-0.4, -0.2) is 16.3 Å². The smallest absolute Gasteiger partial charge is 0.126 e. The maximum atomic E-state index is 13.4. The zero-order valence-electron chi connectivity index (χ0n) is 11.3. The van der Waals surface area contributed by atoms with Gasteiger partial charge in [0.1, 0.15) is 11.6 Å². The molecule has 0 saturated heterocycles. The van der Waals surface area contributed by atoms with Crippen LogP contribution >= 0.6 is 11.6 Å². The van der Waals surface area contributed by atoms with Crippen LogP contribution in [0.15, 0.2) is 24.4 Å². The fourth-order valence-corrected chi connectivity index (χ4v) is 2.48. The SMILES string of the molecule is CCNC(c1cc(F)cc(F)c1)c1c(Cl)cnn1CC. The van der Waals surface area contributed by atoms with E-state index >= 15 is 0 Å². The van der Waals surface area contributed by atoms with E-state index < -0.39 is 17.7 Å². The predicted molar refractivity (Wildman–Crippen MR) is 74.8 cm³/mol. The Balaban J connectivity index is 2.52. The number of benzene rings is 1. The van der Waals surface area contributed by atoms with E-state index in [-0.39, 0.29) is 0 Å².